The van der Waals surface area contributed by atoms with E-state index in [9.17, 15) is 14.0 Å². The molecule has 5 rings (SSSR count). The number of hydrogen-bond donors (Lipinski definition) is 1. The summed E-state index contributed by atoms with van der Waals surface area (Å²) >= 11 is 0. The van der Waals surface area contributed by atoms with Crippen LogP contribution in [0.15, 0.2) is 42.9 Å². The number of nitrogens with zero attached hydrogens (tertiary/aromatic N) is 6. The van der Waals surface area contributed by atoms with Gasteiger partial charge >= 0.3 is 0 Å². The van der Waals surface area contributed by atoms with Crippen LogP contribution < -0.4 is 5.32 Å². The number of benzene rings is 1. The van der Waals surface area contributed by atoms with Crippen LogP contribution in [-0.2, 0) is 4.79 Å². The van der Waals surface area contributed by atoms with Crippen molar-refractivity contribution in [2.24, 2.45) is 11.8 Å². The second kappa shape index (κ2) is 10.4. The summed E-state index contributed by atoms with van der Waals surface area (Å²) < 4.78 is 15.4. The van der Waals surface area contributed by atoms with Gasteiger partial charge < -0.3 is 15.1 Å². The molecule has 10 heteroatoms. The van der Waals surface area contributed by atoms with Crippen molar-refractivity contribution in [1.29, 1.82) is 0 Å². The summed E-state index contributed by atoms with van der Waals surface area (Å²) in [6.07, 6.45) is 5.55. The molecule has 9 nitrogen and oxygen atoms in total. The van der Waals surface area contributed by atoms with Gasteiger partial charge in [0.2, 0.25) is 5.91 Å². The highest BCUT2D eigenvalue weighted by Crippen LogP contribution is 2.33. The molecule has 0 spiro atoms. The van der Waals surface area contributed by atoms with Crippen LogP contribution in [-0.4, -0.2) is 74.1 Å². The second-order valence-corrected chi connectivity index (χ2v) is 10.1. The molecular formula is C27H32FN7O2. The zero-order chi connectivity index (χ0) is 26.1. The van der Waals surface area contributed by atoms with E-state index in [1.165, 1.54) is 19.1 Å². The van der Waals surface area contributed by atoms with Gasteiger partial charge in [0.05, 0.1) is 29.2 Å². The minimum absolute atomic E-state index is 0.0166. The minimum atomic E-state index is -0.305. The lowest BCUT2D eigenvalue weighted by molar-refractivity contribution is -0.119. The monoisotopic (exact) mass is 505 g/mol. The number of carbonyl (C=O) groups is 2. The van der Waals surface area contributed by atoms with Gasteiger partial charge in [0.15, 0.2) is 5.82 Å². The van der Waals surface area contributed by atoms with Crippen molar-refractivity contribution < 1.29 is 14.0 Å². The standard InChI is InChI=1S/C27H32FN7O2/c1-17-26(18(2)35(32-17)25-12-29-8-9-30-25)27(37)34-15-21-13-33(14-22(21)16-34)10-7-24(31-19(3)36)20-5-4-6-23(28)11-20/h4-6,8-9,11-12,21-22,24H,7,10,13-16H2,1-3H3,(H,31,36)/t21-,22?,24?/m0/s1. The highest BCUT2D eigenvalue weighted by molar-refractivity contribution is 5.96. The number of nitrogens with one attached hydrogen (secondary N) is 1. The van der Waals surface area contributed by atoms with Crippen LogP contribution in [0.2, 0.25) is 0 Å². The normalized spacial score (nSPS) is 20.2. The Hall–Kier alpha value is -3.66. The molecule has 0 aliphatic carbocycles. The van der Waals surface area contributed by atoms with Gasteiger partial charge in [-0.15, -0.1) is 0 Å². The van der Waals surface area contributed by atoms with Crippen molar-refractivity contribution in [3.05, 3.63) is 71.2 Å². The highest BCUT2D eigenvalue weighted by Gasteiger charge is 2.42. The average molecular weight is 506 g/mol. The fraction of sp³-hybridized carbons (Fsp3) is 0.444. The van der Waals surface area contributed by atoms with Crippen LogP contribution >= 0.6 is 0 Å². The summed E-state index contributed by atoms with van der Waals surface area (Å²) in [5, 5.41) is 7.51. The molecule has 0 radical (unpaired) electrons. The van der Waals surface area contributed by atoms with Crippen molar-refractivity contribution in [1.82, 2.24) is 34.9 Å². The first kappa shape index (κ1) is 25.0. The number of hydrogen-bond acceptors (Lipinski definition) is 6. The molecule has 2 aromatic heterocycles. The number of aryl methyl sites for hydroxylation is 1. The molecule has 4 heterocycles. The van der Waals surface area contributed by atoms with Gasteiger partial charge in [-0.2, -0.15) is 5.10 Å². The fourth-order valence-corrected chi connectivity index (χ4v) is 5.78. The van der Waals surface area contributed by atoms with E-state index in [1.54, 1.807) is 29.3 Å². The highest BCUT2D eigenvalue weighted by atomic mass is 19.1. The molecule has 0 saturated carbocycles. The smallest absolute Gasteiger partial charge is 0.257 e. The number of amides is 2. The lowest BCUT2D eigenvalue weighted by Crippen LogP contribution is -2.35. The Morgan fingerprint density at radius 2 is 1.89 bits per heavy atom. The first-order valence-corrected chi connectivity index (χ1v) is 12.7. The summed E-state index contributed by atoms with van der Waals surface area (Å²) in [7, 11) is 0. The summed E-state index contributed by atoms with van der Waals surface area (Å²) in [6.45, 7) is 9.27. The van der Waals surface area contributed by atoms with Crippen LogP contribution in [0.4, 0.5) is 4.39 Å². The van der Waals surface area contributed by atoms with E-state index < -0.39 is 0 Å². The molecule has 2 amide bonds. The van der Waals surface area contributed by atoms with Crippen molar-refractivity contribution in [3.8, 4) is 5.82 Å². The number of carbonyl (C=O) groups excluding carboxylic acids is 2. The average Bonchev–Trinajstić information content (AvgIpc) is 3.53. The Balaban J connectivity index is 1.20. The first-order chi connectivity index (χ1) is 17.8. The van der Waals surface area contributed by atoms with E-state index in [0.29, 0.717) is 48.4 Å². The molecule has 1 aromatic carbocycles. The van der Waals surface area contributed by atoms with Crippen LogP contribution in [0, 0.1) is 31.5 Å². The van der Waals surface area contributed by atoms with Crippen molar-refractivity contribution in [2.75, 3.05) is 32.7 Å². The summed E-state index contributed by atoms with van der Waals surface area (Å²) in [4.78, 5) is 38.0. The number of halogens is 1. The number of aromatic nitrogens is 4. The third kappa shape index (κ3) is 5.24. The zero-order valence-corrected chi connectivity index (χ0v) is 21.4. The van der Waals surface area contributed by atoms with Gasteiger partial charge in [-0.1, -0.05) is 12.1 Å². The van der Waals surface area contributed by atoms with Gasteiger partial charge in [0, 0.05) is 52.0 Å². The van der Waals surface area contributed by atoms with Crippen molar-refractivity contribution in [3.63, 3.8) is 0 Å². The maximum atomic E-state index is 13.8. The zero-order valence-electron chi connectivity index (χ0n) is 21.4. The molecule has 2 aliphatic rings. The maximum Gasteiger partial charge on any atom is 0.257 e. The van der Waals surface area contributed by atoms with Gasteiger partial charge in [-0.3, -0.25) is 14.6 Å². The van der Waals surface area contributed by atoms with Crippen LogP contribution in [0.3, 0.4) is 0 Å². The van der Waals surface area contributed by atoms with E-state index in [4.69, 9.17) is 0 Å². The largest absolute Gasteiger partial charge is 0.349 e. The third-order valence-corrected chi connectivity index (χ3v) is 7.48. The van der Waals surface area contributed by atoms with Crippen LogP contribution in [0.25, 0.3) is 5.82 Å². The van der Waals surface area contributed by atoms with Crippen molar-refractivity contribution in [2.45, 2.75) is 33.2 Å². The summed E-state index contributed by atoms with van der Waals surface area (Å²) in [6, 6.07) is 6.18. The summed E-state index contributed by atoms with van der Waals surface area (Å²) in [5.74, 6) is 0.992. The molecular weight excluding hydrogens is 473 g/mol. The van der Waals surface area contributed by atoms with Crippen LogP contribution in [0.1, 0.15) is 46.7 Å². The molecule has 194 valence electrons. The predicted molar refractivity (Wildman–Crippen MR) is 136 cm³/mol. The minimum Gasteiger partial charge on any atom is -0.349 e. The molecule has 2 unspecified atom stereocenters. The molecule has 0 bridgehead atoms. The van der Waals surface area contributed by atoms with Gasteiger partial charge in [-0.05, 0) is 49.8 Å². The molecule has 2 saturated heterocycles. The maximum absolute atomic E-state index is 13.8. The van der Waals surface area contributed by atoms with E-state index in [-0.39, 0.29) is 23.7 Å². The molecule has 3 atom stereocenters. The first-order valence-electron chi connectivity index (χ1n) is 12.7. The predicted octanol–water partition coefficient (Wildman–Crippen LogP) is 2.69. The molecule has 2 fully saturated rings. The van der Waals surface area contributed by atoms with E-state index >= 15 is 0 Å². The summed E-state index contributed by atoms with van der Waals surface area (Å²) in [5.41, 5.74) is 2.87. The second-order valence-electron chi connectivity index (χ2n) is 10.1. The molecule has 3 aromatic rings. The molecule has 2 aliphatic heterocycles. The quantitative estimate of drug-likeness (QED) is 0.531. The molecule has 37 heavy (non-hydrogen) atoms. The van der Waals surface area contributed by atoms with Crippen LogP contribution in [0.5, 0.6) is 0 Å². The Kier molecular flexibility index (Phi) is 7.01. The fourth-order valence-electron chi connectivity index (χ4n) is 5.78. The van der Waals surface area contributed by atoms with Gasteiger partial charge in [-0.25, -0.2) is 14.1 Å². The Labute approximate surface area is 215 Å². The van der Waals surface area contributed by atoms with E-state index in [0.717, 1.165) is 30.9 Å². The number of fused-ring (bicyclic) bond motifs is 1. The number of rotatable bonds is 7. The Morgan fingerprint density at radius 1 is 1.14 bits per heavy atom. The van der Waals surface area contributed by atoms with Crippen molar-refractivity contribution >= 4 is 11.8 Å². The van der Waals surface area contributed by atoms with Gasteiger partial charge in [0.25, 0.3) is 5.91 Å². The topological polar surface area (TPSA) is 96.2 Å². The van der Waals surface area contributed by atoms with Gasteiger partial charge in [0.1, 0.15) is 5.82 Å². The Bertz CT molecular complexity index is 1280. The molecule has 1 N–H and O–H groups in total. The lowest BCUT2D eigenvalue weighted by atomic mass is 10.0. The third-order valence-electron chi connectivity index (χ3n) is 7.48. The SMILES string of the molecule is CC(=O)NC(CCN1CC2CN(C(=O)c3c(C)nn(-c4cnccn4)c3C)C[C@@H]2C1)c1cccc(F)c1. The lowest BCUT2D eigenvalue weighted by Gasteiger charge is -2.24. The van der Waals surface area contributed by atoms with E-state index in [1.807, 2.05) is 24.8 Å². The Morgan fingerprint density at radius 3 is 2.54 bits per heavy atom. The van der Waals surface area contributed by atoms with E-state index in [2.05, 4.69) is 25.3 Å². The number of likely N-dealkylation sites (tertiary alicyclic amines) is 2.